The highest BCUT2D eigenvalue weighted by Gasteiger charge is 2.42. The SMILES string of the molecule is CC(C)(C)c1ccc(C2(NC(=O)CCl)CCCCC2=O)cc1. The van der Waals surface area contributed by atoms with E-state index in [1.54, 1.807) is 0 Å². The second-order valence-electron chi connectivity index (χ2n) is 7.04. The van der Waals surface area contributed by atoms with Crippen LogP contribution in [-0.2, 0) is 20.5 Å². The van der Waals surface area contributed by atoms with Crippen molar-refractivity contribution >= 4 is 23.3 Å². The Bertz CT molecular complexity index is 559. The monoisotopic (exact) mass is 321 g/mol. The average molecular weight is 322 g/mol. The van der Waals surface area contributed by atoms with E-state index in [-0.39, 0.29) is 23.0 Å². The number of amides is 1. The Morgan fingerprint density at radius 2 is 1.86 bits per heavy atom. The fourth-order valence-electron chi connectivity index (χ4n) is 3.06. The van der Waals surface area contributed by atoms with Gasteiger partial charge in [-0.2, -0.15) is 0 Å². The molecule has 22 heavy (non-hydrogen) atoms. The number of hydrogen-bond acceptors (Lipinski definition) is 2. The molecule has 1 aliphatic rings. The first-order valence-electron chi connectivity index (χ1n) is 7.81. The molecule has 1 aromatic carbocycles. The highest BCUT2D eigenvalue weighted by Crippen LogP contribution is 2.35. The summed E-state index contributed by atoms with van der Waals surface area (Å²) >= 11 is 5.63. The van der Waals surface area contributed by atoms with Crippen molar-refractivity contribution in [1.82, 2.24) is 5.32 Å². The van der Waals surface area contributed by atoms with Gasteiger partial charge in [0, 0.05) is 6.42 Å². The zero-order valence-corrected chi connectivity index (χ0v) is 14.3. The second kappa shape index (κ2) is 6.41. The molecule has 0 spiro atoms. The summed E-state index contributed by atoms with van der Waals surface area (Å²) in [5.41, 5.74) is 1.23. The molecular weight excluding hydrogens is 298 g/mol. The Kier molecular flexibility index (Phi) is 4.96. The maximum absolute atomic E-state index is 12.6. The standard InChI is InChI=1S/C18H24ClNO2/c1-17(2,3)13-7-9-14(10-8-13)18(20-16(22)12-19)11-5-4-6-15(18)21/h7-10H,4-6,11-12H2,1-3H3,(H,20,22). The predicted octanol–water partition coefficient (Wildman–Crippen LogP) is 3.68. The highest BCUT2D eigenvalue weighted by molar-refractivity contribution is 6.27. The summed E-state index contributed by atoms with van der Waals surface area (Å²) in [6.45, 7) is 6.45. The summed E-state index contributed by atoms with van der Waals surface area (Å²) in [6.07, 6.45) is 2.96. The van der Waals surface area contributed by atoms with Crippen LogP contribution in [0, 0.1) is 0 Å². The maximum atomic E-state index is 12.6. The van der Waals surface area contributed by atoms with Gasteiger partial charge >= 0.3 is 0 Å². The van der Waals surface area contributed by atoms with E-state index >= 15 is 0 Å². The number of rotatable bonds is 3. The van der Waals surface area contributed by atoms with Crippen molar-refractivity contribution in [3.8, 4) is 0 Å². The summed E-state index contributed by atoms with van der Waals surface area (Å²) < 4.78 is 0. The van der Waals surface area contributed by atoms with Gasteiger partial charge in [0.15, 0.2) is 5.78 Å². The van der Waals surface area contributed by atoms with Crippen LogP contribution in [0.5, 0.6) is 0 Å². The first-order chi connectivity index (χ1) is 10.3. The number of carbonyl (C=O) groups excluding carboxylic acids is 2. The molecule has 2 rings (SSSR count). The van der Waals surface area contributed by atoms with Crippen molar-refractivity contribution in [2.75, 3.05) is 5.88 Å². The number of carbonyl (C=O) groups is 2. The molecule has 1 unspecified atom stereocenters. The minimum absolute atomic E-state index is 0.0572. The van der Waals surface area contributed by atoms with Gasteiger partial charge in [0.2, 0.25) is 5.91 Å². The van der Waals surface area contributed by atoms with Crippen LogP contribution in [0.1, 0.15) is 57.6 Å². The van der Waals surface area contributed by atoms with Crippen LogP contribution >= 0.6 is 11.6 Å². The van der Waals surface area contributed by atoms with Gasteiger partial charge in [-0.15, -0.1) is 11.6 Å². The molecule has 4 heteroatoms. The van der Waals surface area contributed by atoms with Gasteiger partial charge in [0.25, 0.3) is 0 Å². The van der Waals surface area contributed by atoms with Crippen LogP contribution in [0.3, 0.4) is 0 Å². The highest BCUT2D eigenvalue weighted by atomic mass is 35.5. The summed E-state index contributed by atoms with van der Waals surface area (Å²) in [6, 6.07) is 8.04. The lowest BCUT2D eigenvalue weighted by Crippen LogP contribution is -2.53. The molecule has 0 radical (unpaired) electrons. The number of ketones is 1. The third-order valence-electron chi connectivity index (χ3n) is 4.40. The first kappa shape index (κ1) is 17.0. The van der Waals surface area contributed by atoms with Crippen LogP contribution < -0.4 is 5.32 Å². The fourth-order valence-corrected chi connectivity index (χ4v) is 3.13. The molecular formula is C18H24ClNO2. The van der Waals surface area contributed by atoms with Crippen LogP contribution in [0.2, 0.25) is 0 Å². The summed E-state index contributed by atoms with van der Waals surface area (Å²) in [5, 5.41) is 2.89. The maximum Gasteiger partial charge on any atom is 0.235 e. The molecule has 0 aliphatic heterocycles. The molecule has 0 saturated heterocycles. The van der Waals surface area contributed by atoms with Crippen LogP contribution in [-0.4, -0.2) is 17.6 Å². The van der Waals surface area contributed by atoms with Crippen molar-refractivity contribution in [2.45, 2.75) is 57.4 Å². The van der Waals surface area contributed by atoms with E-state index in [1.807, 2.05) is 24.3 Å². The molecule has 1 atom stereocenters. The lowest BCUT2D eigenvalue weighted by molar-refractivity contribution is -0.133. The minimum Gasteiger partial charge on any atom is -0.339 e. The summed E-state index contributed by atoms with van der Waals surface area (Å²) in [4.78, 5) is 24.4. The molecule has 1 N–H and O–H groups in total. The molecule has 1 fully saturated rings. The van der Waals surface area contributed by atoms with E-state index in [0.29, 0.717) is 12.8 Å². The van der Waals surface area contributed by atoms with Gasteiger partial charge in [0.05, 0.1) is 0 Å². The van der Waals surface area contributed by atoms with Crippen molar-refractivity contribution in [2.24, 2.45) is 0 Å². The largest absolute Gasteiger partial charge is 0.339 e. The third kappa shape index (κ3) is 3.35. The Balaban J connectivity index is 2.41. The zero-order valence-electron chi connectivity index (χ0n) is 13.5. The normalized spacial score (nSPS) is 22.5. The molecule has 0 bridgehead atoms. The van der Waals surface area contributed by atoms with Crippen LogP contribution in [0.15, 0.2) is 24.3 Å². The Morgan fingerprint density at radius 3 is 2.36 bits per heavy atom. The zero-order chi connectivity index (χ0) is 16.4. The molecule has 0 heterocycles. The van der Waals surface area contributed by atoms with Crippen molar-refractivity contribution in [1.29, 1.82) is 0 Å². The number of nitrogens with one attached hydrogen (secondary N) is 1. The molecule has 1 amide bonds. The van der Waals surface area contributed by atoms with Gasteiger partial charge in [-0.05, 0) is 35.8 Å². The fraction of sp³-hybridized carbons (Fsp3) is 0.556. The van der Waals surface area contributed by atoms with E-state index < -0.39 is 5.54 Å². The molecule has 1 aromatic rings. The van der Waals surface area contributed by atoms with E-state index in [0.717, 1.165) is 18.4 Å². The lowest BCUT2D eigenvalue weighted by Gasteiger charge is -2.37. The van der Waals surface area contributed by atoms with E-state index in [9.17, 15) is 9.59 Å². The van der Waals surface area contributed by atoms with Gasteiger partial charge in [-0.25, -0.2) is 0 Å². The summed E-state index contributed by atoms with van der Waals surface area (Å²) in [7, 11) is 0. The van der Waals surface area contributed by atoms with E-state index in [1.165, 1.54) is 5.56 Å². The van der Waals surface area contributed by atoms with Crippen LogP contribution in [0.25, 0.3) is 0 Å². The quantitative estimate of drug-likeness (QED) is 0.863. The Hall–Kier alpha value is -1.35. The lowest BCUT2D eigenvalue weighted by atomic mass is 9.74. The molecule has 1 saturated carbocycles. The average Bonchev–Trinajstić information content (AvgIpc) is 2.49. The second-order valence-corrected chi connectivity index (χ2v) is 7.31. The Morgan fingerprint density at radius 1 is 1.23 bits per heavy atom. The molecule has 1 aliphatic carbocycles. The van der Waals surface area contributed by atoms with Gasteiger partial charge in [0.1, 0.15) is 11.4 Å². The number of benzene rings is 1. The van der Waals surface area contributed by atoms with E-state index in [2.05, 4.69) is 26.1 Å². The van der Waals surface area contributed by atoms with Crippen molar-refractivity contribution in [3.63, 3.8) is 0 Å². The molecule has 120 valence electrons. The predicted molar refractivity (Wildman–Crippen MR) is 89.2 cm³/mol. The number of halogens is 1. The number of hydrogen-bond donors (Lipinski definition) is 1. The number of Topliss-reactive ketones (excluding diaryl/α,β-unsaturated/α-hetero) is 1. The minimum atomic E-state index is -0.902. The van der Waals surface area contributed by atoms with Crippen molar-refractivity contribution in [3.05, 3.63) is 35.4 Å². The van der Waals surface area contributed by atoms with Gasteiger partial charge < -0.3 is 5.32 Å². The van der Waals surface area contributed by atoms with Crippen molar-refractivity contribution < 1.29 is 9.59 Å². The first-order valence-corrected chi connectivity index (χ1v) is 8.34. The topological polar surface area (TPSA) is 46.2 Å². The summed E-state index contributed by atoms with van der Waals surface area (Å²) in [5.74, 6) is -0.340. The smallest absolute Gasteiger partial charge is 0.235 e. The van der Waals surface area contributed by atoms with Crippen LogP contribution in [0.4, 0.5) is 0 Å². The Labute approximate surface area is 137 Å². The molecule has 3 nitrogen and oxygen atoms in total. The van der Waals surface area contributed by atoms with Gasteiger partial charge in [-0.3, -0.25) is 9.59 Å². The number of alkyl halides is 1. The van der Waals surface area contributed by atoms with Gasteiger partial charge in [-0.1, -0.05) is 45.0 Å². The molecule has 0 aromatic heterocycles. The third-order valence-corrected chi connectivity index (χ3v) is 4.64. The van der Waals surface area contributed by atoms with E-state index in [4.69, 9.17) is 11.6 Å².